The molecule has 136 valence electrons. The summed E-state index contributed by atoms with van der Waals surface area (Å²) in [5.74, 6) is -0.905. The van der Waals surface area contributed by atoms with Gasteiger partial charge in [-0.15, -0.1) is 0 Å². The van der Waals surface area contributed by atoms with E-state index in [1.165, 1.54) is 31.2 Å². The zero-order valence-corrected chi connectivity index (χ0v) is 14.5. The van der Waals surface area contributed by atoms with Gasteiger partial charge in [0.05, 0.1) is 5.56 Å². The van der Waals surface area contributed by atoms with Crippen molar-refractivity contribution in [2.24, 2.45) is 0 Å². The Morgan fingerprint density at radius 1 is 0.962 bits per heavy atom. The van der Waals surface area contributed by atoms with Crippen molar-refractivity contribution in [2.75, 3.05) is 13.2 Å². The van der Waals surface area contributed by atoms with Crippen molar-refractivity contribution in [2.45, 2.75) is 19.8 Å². The van der Waals surface area contributed by atoms with E-state index in [0.717, 1.165) is 18.4 Å². The molecule has 0 saturated carbocycles. The molecule has 0 radical (unpaired) electrons. The maximum Gasteiger partial charge on any atom is 0.338 e. The molecule has 1 amide bonds. The summed E-state index contributed by atoms with van der Waals surface area (Å²) in [5, 5.41) is 11.9. The minimum Gasteiger partial charge on any atom is -0.508 e. The fourth-order valence-electron chi connectivity index (χ4n) is 2.31. The van der Waals surface area contributed by atoms with Crippen LogP contribution in [0.5, 0.6) is 5.75 Å². The van der Waals surface area contributed by atoms with E-state index in [2.05, 4.69) is 5.32 Å². The second-order valence-corrected chi connectivity index (χ2v) is 5.83. The molecule has 0 fully saturated rings. The lowest BCUT2D eigenvalue weighted by Crippen LogP contribution is -2.21. The number of amides is 1. The van der Waals surface area contributed by atoms with Gasteiger partial charge in [-0.05, 0) is 42.7 Å². The number of esters is 1. The molecule has 26 heavy (non-hydrogen) atoms. The molecule has 2 N–H and O–H groups in total. The Labute approximate surface area is 151 Å². The molecule has 2 aromatic rings. The first-order chi connectivity index (χ1) is 12.5. The average Bonchev–Trinajstić information content (AvgIpc) is 2.64. The summed E-state index contributed by atoms with van der Waals surface area (Å²) in [6.07, 6.45) is 1.61. The van der Waals surface area contributed by atoms with E-state index in [0.29, 0.717) is 12.1 Å². The van der Waals surface area contributed by atoms with E-state index < -0.39 is 5.97 Å². The van der Waals surface area contributed by atoms with E-state index in [4.69, 9.17) is 4.74 Å². The number of phenolic OH excluding ortho intramolecular Hbond substituents is 1. The highest BCUT2D eigenvalue weighted by Crippen LogP contribution is 2.11. The fourth-order valence-corrected chi connectivity index (χ4v) is 2.31. The summed E-state index contributed by atoms with van der Waals surface area (Å²) in [6, 6.07) is 12.7. The van der Waals surface area contributed by atoms with Gasteiger partial charge in [0.1, 0.15) is 5.75 Å². The Balaban J connectivity index is 1.81. The van der Waals surface area contributed by atoms with E-state index in [-0.39, 0.29) is 29.6 Å². The molecule has 0 saturated heterocycles. The van der Waals surface area contributed by atoms with Crippen molar-refractivity contribution < 1.29 is 24.2 Å². The third-order valence-corrected chi connectivity index (χ3v) is 3.73. The molecule has 0 aliphatic heterocycles. The van der Waals surface area contributed by atoms with Crippen LogP contribution >= 0.6 is 0 Å². The number of aryl methyl sites for hydroxylation is 1. The van der Waals surface area contributed by atoms with Crippen LogP contribution in [-0.2, 0) is 16.0 Å². The van der Waals surface area contributed by atoms with Gasteiger partial charge in [0, 0.05) is 19.0 Å². The van der Waals surface area contributed by atoms with Gasteiger partial charge < -0.3 is 15.2 Å². The minimum absolute atomic E-state index is 0.0483. The van der Waals surface area contributed by atoms with E-state index in [1.807, 2.05) is 12.1 Å². The van der Waals surface area contributed by atoms with Crippen LogP contribution in [0.25, 0.3) is 0 Å². The van der Waals surface area contributed by atoms with Gasteiger partial charge in [-0.2, -0.15) is 0 Å². The molecule has 2 rings (SSSR count). The number of benzene rings is 2. The van der Waals surface area contributed by atoms with Crippen molar-refractivity contribution in [3.05, 3.63) is 65.2 Å². The van der Waals surface area contributed by atoms with Crippen molar-refractivity contribution in [3.63, 3.8) is 0 Å². The number of rotatable bonds is 8. The highest BCUT2D eigenvalue weighted by molar-refractivity contribution is 5.99. The van der Waals surface area contributed by atoms with Gasteiger partial charge in [0.25, 0.3) is 0 Å². The summed E-state index contributed by atoms with van der Waals surface area (Å²) in [5.41, 5.74) is 1.80. The van der Waals surface area contributed by atoms with Gasteiger partial charge in [-0.3, -0.25) is 9.59 Å². The van der Waals surface area contributed by atoms with E-state index >= 15 is 0 Å². The van der Waals surface area contributed by atoms with Crippen molar-refractivity contribution in [1.29, 1.82) is 0 Å². The lowest BCUT2D eigenvalue weighted by molar-refractivity contribution is -0.118. The van der Waals surface area contributed by atoms with Crippen LogP contribution in [0.1, 0.15) is 39.6 Å². The Hall–Kier alpha value is -3.15. The van der Waals surface area contributed by atoms with Crippen LogP contribution in [0.3, 0.4) is 0 Å². The molecule has 6 nitrogen and oxygen atoms in total. The Bertz CT molecular complexity index is 766. The van der Waals surface area contributed by atoms with Crippen LogP contribution < -0.4 is 5.32 Å². The second-order valence-electron chi connectivity index (χ2n) is 5.83. The number of Topliss-reactive ketones (excluding diaryl/α,β-unsaturated/α-hetero) is 1. The molecule has 0 aliphatic carbocycles. The van der Waals surface area contributed by atoms with Gasteiger partial charge in [0.15, 0.2) is 12.4 Å². The lowest BCUT2D eigenvalue weighted by Gasteiger charge is -2.06. The number of nitrogens with one attached hydrogen (secondary N) is 1. The second kappa shape index (κ2) is 9.36. The molecule has 0 heterocycles. The first-order valence-electron chi connectivity index (χ1n) is 8.28. The maximum absolute atomic E-state index is 12.1. The Morgan fingerprint density at radius 3 is 2.19 bits per heavy atom. The summed E-state index contributed by atoms with van der Waals surface area (Å²) in [7, 11) is 0. The maximum atomic E-state index is 12.1. The number of aromatic hydroxyl groups is 1. The predicted octanol–water partition coefficient (Wildman–Crippen LogP) is 2.50. The topological polar surface area (TPSA) is 92.7 Å². The standard InChI is InChI=1S/C20H21NO5/c1-14(22)21-12-2-3-15-4-6-16(7-5-15)19(24)13-26-20(25)17-8-10-18(23)11-9-17/h4-11,23H,2-3,12-13H2,1H3,(H,21,22). The SMILES string of the molecule is CC(=O)NCCCc1ccc(C(=O)COC(=O)c2ccc(O)cc2)cc1. The number of hydrogen-bond donors (Lipinski definition) is 2. The van der Waals surface area contributed by atoms with Crippen LogP contribution in [-0.4, -0.2) is 35.9 Å². The van der Waals surface area contributed by atoms with Crippen LogP contribution in [0.4, 0.5) is 0 Å². The molecular weight excluding hydrogens is 334 g/mol. The quantitative estimate of drug-likeness (QED) is 0.431. The highest BCUT2D eigenvalue weighted by Gasteiger charge is 2.12. The summed E-state index contributed by atoms with van der Waals surface area (Å²) in [6.45, 7) is 1.75. The van der Waals surface area contributed by atoms with Gasteiger partial charge in [0.2, 0.25) is 5.91 Å². The molecule has 0 aromatic heterocycles. The number of phenols is 1. The van der Waals surface area contributed by atoms with Gasteiger partial charge in [-0.25, -0.2) is 4.79 Å². The van der Waals surface area contributed by atoms with Crippen LogP contribution in [0.15, 0.2) is 48.5 Å². The zero-order valence-electron chi connectivity index (χ0n) is 14.5. The molecule has 0 atom stereocenters. The van der Waals surface area contributed by atoms with Gasteiger partial charge in [-0.1, -0.05) is 24.3 Å². The number of carbonyl (C=O) groups excluding carboxylic acids is 3. The van der Waals surface area contributed by atoms with Gasteiger partial charge >= 0.3 is 5.97 Å². The monoisotopic (exact) mass is 355 g/mol. The molecule has 0 spiro atoms. The first-order valence-corrected chi connectivity index (χ1v) is 8.28. The van der Waals surface area contributed by atoms with Crippen molar-refractivity contribution in [1.82, 2.24) is 5.32 Å². The molecule has 6 heteroatoms. The van der Waals surface area contributed by atoms with Crippen molar-refractivity contribution in [3.8, 4) is 5.75 Å². The van der Waals surface area contributed by atoms with Crippen LogP contribution in [0, 0.1) is 0 Å². The highest BCUT2D eigenvalue weighted by atomic mass is 16.5. The molecule has 0 unspecified atom stereocenters. The first kappa shape index (κ1) is 19.2. The third-order valence-electron chi connectivity index (χ3n) is 3.73. The summed E-state index contributed by atoms with van der Waals surface area (Å²) in [4.78, 5) is 34.8. The number of carbonyl (C=O) groups is 3. The number of hydrogen-bond acceptors (Lipinski definition) is 5. The number of ketones is 1. The minimum atomic E-state index is -0.618. The molecular formula is C20H21NO5. The molecule has 2 aromatic carbocycles. The zero-order chi connectivity index (χ0) is 18.9. The predicted molar refractivity (Wildman–Crippen MR) is 96.2 cm³/mol. The number of ether oxygens (including phenoxy) is 1. The van der Waals surface area contributed by atoms with Crippen LogP contribution in [0.2, 0.25) is 0 Å². The van der Waals surface area contributed by atoms with Crippen molar-refractivity contribution >= 4 is 17.7 Å². The normalized spacial score (nSPS) is 10.2. The lowest BCUT2D eigenvalue weighted by atomic mass is 10.1. The summed E-state index contributed by atoms with van der Waals surface area (Å²) < 4.78 is 5.01. The largest absolute Gasteiger partial charge is 0.508 e. The molecule has 0 aliphatic rings. The van der Waals surface area contributed by atoms with E-state index in [1.54, 1.807) is 12.1 Å². The average molecular weight is 355 g/mol. The fraction of sp³-hybridized carbons (Fsp3) is 0.250. The Morgan fingerprint density at radius 2 is 1.58 bits per heavy atom. The summed E-state index contributed by atoms with van der Waals surface area (Å²) >= 11 is 0. The van der Waals surface area contributed by atoms with E-state index in [9.17, 15) is 19.5 Å². The Kier molecular flexibility index (Phi) is 6.91. The third kappa shape index (κ3) is 6.05. The molecule has 0 bridgehead atoms. The smallest absolute Gasteiger partial charge is 0.338 e.